The fourth-order valence-corrected chi connectivity index (χ4v) is 3.65. The van der Waals surface area contributed by atoms with Gasteiger partial charge in [0, 0.05) is 24.8 Å². The van der Waals surface area contributed by atoms with Crippen molar-refractivity contribution in [3.05, 3.63) is 30.3 Å². The van der Waals surface area contributed by atoms with Crippen LogP contribution in [-0.2, 0) is 19.1 Å². The number of amides is 2. The van der Waals surface area contributed by atoms with Gasteiger partial charge in [0.15, 0.2) is 0 Å². The molecule has 148 valence electrons. The highest BCUT2D eigenvalue weighted by Gasteiger charge is 2.34. The minimum atomic E-state index is -0.489. The second-order valence-electron chi connectivity index (χ2n) is 7.18. The van der Waals surface area contributed by atoms with Crippen molar-refractivity contribution in [1.29, 1.82) is 0 Å². The highest BCUT2D eigenvalue weighted by Crippen LogP contribution is 2.24. The maximum Gasteiger partial charge on any atom is 0.226 e. The molecule has 0 unspecified atom stereocenters. The molecule has 0 radical (unpaired) electrons. The number of benzene rings is 1. The molecule has 3 atom stereocenters. The molecule has 3 N–H and O–H groups in total. The Morgan fingerprint density at radius 1 is 1.07 bits per heavy atom. The van der Waals surface area contributed by atoms with Gasteiger partial charge in [0.05, 0.1) is 25.2 Å². The number of rotatable bonds is 6. The maximum absolute atomic E-state index is 12.4. The minimum Gasteiger partial charge on any atom is -0.394 e. The van der Waals surface area contributed by atoms with E-state index in [0.29, 0.717) is 26.1 Å². The molecule has 0 spiro atoms. The molecule has 1 aromatic rings. The van der Waals surface area contributed by atoms with Crippen LogP contribution in [0.25, 0.3) is 0 Å². The van der Waals surface area contributed by atoms with Crippen LogP contribution in [0.1, 0.15) is 32.1 Å². The Hall–Kier alpha value is -1.96. The number of anilines is 1. The fourth-order valence-electron chi connectivity index (χ4n) is 3.65. The SMILES string of the molecule is O=C(C[C@H]1CC[C@H](NC(=O)C2CCOCC2)[C@@H](CO)O1)Nc1ccccc1. The van der Waals surface area contributed by atoms with Crippen molar-refractivity contribution in [2.24, 2.45) is 5.92 Å². The van der Waals surface area contributed by atoms with Crippen molar-refractivity contribution in [2.75, 3.05) is 25.1 Å². The Kier molecular flexibility index (Phi) is 7.20. The number of nitrogens with one attached hydrogen (secondary N) is 2. The molecule has 2 aliphatic rings. The number of carbonyl (C=O) groups is 2. The summed E-state index contributed by atoms with van der Waals surface area (Å²) < 4.78 is 11.2. The van der Waals surface area contributed by atoms with E-state index in [1.165, 1.54) is 0 Å². The first-order valence-electron chi connectivity index (χ1n) is 9.65. The van der Waals surface area contributed by atoms with Gasteiger partial charge in [-0.25, -0.2) is 0 Å². The van der Waals surface area contributed by atoms with Gasteiger partial charge in [-0.2, -0.15) is 0 Å². The molecule has 7 nitrogen and oxygen atoms in total. The Morgan fingerprint density at radius 3 is 2.52 bits per heavy atom. The summed E-state index contributed by atoms with van der Waals surface area (Å²) in [7, 11) is 0. The number of ether oxygens (including phenoxy) is 2. The summed E-state index contributed by atoms with van der Waals surface area (Å²) in [6, 6.07) is 9.05. The van der Waals surface area contributed by atoms with Gasteiger partial charge in [-0.1, -0.05) is 18.2 Å². The first-order valence-corrected chi connectivity index (χ1v) is 9.65. The third-order valence-corrected chi connectivity index (χ3v) is 5.19. The Balaban J connectivity index is 1.47. The molecule has 2 aliphatic heterocycles. The number of aliphatic hydroxyl groups excluding tert-OH is 1. The molecular weight excluding hydrogens is 348 g/mol. The summed E-state index contributed by atoms with van der Waals surface area (Å²) in [5, 5.41) is 15.5. The third-order valence-electron chi connectivity index (χ3n) is 5.19. The van der Waals surface area contributed by atoms with E-state index in [4.69, 9.17) is 9.47 Å². The van der Waals surface area contributed by atoms with Crippen molar-refractivity contribution >= 4 is 17.5 Å². The van der Waals surface area contributed by atoms with E-state index >= 15 is 0 Å². The third kappa shape index (κ3) is 5.76. The van der Waals surface area contributed by atoms with Crippen LogP contribution in [0.5, 0.6) is 0 Å². The Labute approximate surface area is 159 Å². The standard InChI is InChI=1S/C20H28N2O5/c23-13-18-17(22-20(25)14-8-10-26-11-9-14)7-6-16(27-18)12-19(24)21-15-4-2-1-3-5-15/h1-5,14,16-18,23H,6-13H2,(H,21,24)(H,22,25)/t16-,17+,18-/m1/s1. The summed E-state index contributed by atoms with van der Waals surface area (Å²) in [4.78, 5) is 24.6. The normalized spacial score (nSPS) is 26.3. The lowest BCUT2D eigenvalue weighted by atomic mass is 9.94. The van der Waals surface area contributed by atoms with Crippen LogP contribution in [0.4, 0.5) is 5.69 Å². The first kappa shape index (κ1) is 19.8. The van der Waals surface area contributed by atoms with E-state index in [1.807, 2.05) is 30.3 Å². The zero-order valence-corrected chi connectivity index (χ0v) is 15.4. The first-order chi connectivity index (χ1) is 13.2. The van der Waals surface area contributed by atoms with Gasteiger partial charge in [-0.15, -0.1) is 0 Å². The molecule has 2 heterocycles. The molecule has 2 saturated heterocycles. The molecule has 0 bridgehead atoms. The quantitative estimate of drug-likeness (QED) is 0.699. The number of hydrogen-bond donors (Lipinski definition) is 3. The van der Waals surface area contributed by atoms with Crippen LogP contribution in [-0.4, -0.2) is 55.0 Å². The molecule has 0 aromatic heterocycles. The fraction of sp³-hybridized carbons (Fsp3) is 0.600. The molecule has 3 rings (SSSR count). The van der Waals surface area contributed by atoms with Crippen LogP contribution < -0.4 is 10.6 Å². The zero-order valence-electron chi connectivity index (χ0n) is 15.4. The van der Waals surface area contributed by atoms with Crippen molar-refractivity contribution < 1.29 is 24.2 Å². The molecule has 0 saturated carbocycles. The summed E-state index contributed by atoms with van der Waals surface area (Å²) in [5.41, 5.74) is 0.749. The lowest BCUT2D eigenvalue weighted by Gasteiger charge is -2.37. The molecule has 2 amide bonds. The van der Waals surface area contributed by atoms with Crippen LogP contribution in [0.3, 0.4) is 0 Å². The van der Waals surface area contributed by atoms with Crippen LogP contribution in [0, 0.1) is 5.92 Å². The molecule has 7 heteroatoms. The summed E-state index contributed by atoms with van der Waals surface area (Å²) in [5.74, 6) is -0.148. The molecule has 27 heavy (non-hydrogen) atoms. The van der Waals surface area contributed by atoms with E-state index < -0.39 is 6.10 Å². The zero-order chi connectivity index (χ0) is 19.1. The van der Waals surface area contributed by atoms with Crippen molar-refractivity contribution in [3.8, 4) is 0 Å². The summed E-state index contributed by atoms with van der Waals surface area (Å²) >= 11 is 0. The highest BCUT2D eigenvalue weighted by atomic mass is 16.5. The predicted octanol–water partition coefficient (Wildman–Crippen LogP) is 1.47. The lowest BCUT2D eigenvalue weighted by molar-refractivity contribution is -0.137. The number of aliphatic hydroxyl groups is 1. The Morgan fingerprint density at radius 2 is 1.81 bits per heavy atom. The van der Waals surface area contributed by atoms with Crippen LogP contribution >= 0.6 is 0 Å². The lowest BCUT2D eigenvalue weighted by Crippen LogP contribution is -2.52. The van der Waals surface area contributed by atoms with E-state index in [9.17, 15) is 14.7 Å². The average Bonchev–Trinajstić information content (AvgIpc) is 2.70. The highest BCUT2D eigenvalue weighted by molar-refractivity contribution is 5.91. The van der Waals surface area contributed by atoms with Crippen molar-refractivity contribution in [2.45, 2.75) is 50.4 Å². The topological polar surface area (TPSA) is 96.9 Å². The number of carbonyl (C=O) groups excluding carboxylic acids is 2. The van der Waals surface area contributed by atoms with E-state index in [-0.39, 0.29) is 42.9 Å². The van der Waals surface area contributed by atoms with Crippen molar-refractivity contribution in [1.82, 2.24) is 5.32 Å². The second kappa shape index (κ2) is 9.82. The number of hydrogen-bond acceptors (Lipinski definition) is 5. The molecule has 0 aliphatic carbocycles. The summed E-state index contributed by atoms with van der Waals surface area (Å²) in [6.45, 7) is 1.04. The van der Waals surface area contributed by atoms with Gasteiger partial charge in [-0.3, -0.25) is 9.59 Å². The maximum atomic E-state index is 12.4. The van der Waals surface area contributed by atoms with Gasteiger partial charge >= 0.3 is 0 Å². The molecule has 2 fully saturated rings. The summed E-state index contributed by atoms with van der Waals surface area (Å²) in [6.07, 6.45) is 2.28. The second-order valence-corrected chi connectivity index (χ2v) is 7.18. The van der Waals surface area contributed by atoms with Gasteiger partial charge in [0.25, 0.3) is 0 Å². The predicted molar refractivity (Wildman–Crippen MR) is 100 cm³/mol. The Bertz CT molecular complexity index is 618. The van der Waals surface area contributed by atoms with E-state index in [2.05, 4.69) is 10.6 Å². The van der Waals surface area contributed by atoms with Gasteiger partial charge in [0.2, 0.25) is 11.8 Å². The smallest absolute Gasteiger partial charge is 0.226 e. The monoisotopic (exact) mass is 376 g/mol. The van der Waals surface area contributed by atoms with E-state index in [0.717, 1.165) is 18.5 Å². The van der Waals surface area contributed by atoms with Crippen LogP contribution in [0.15, 0.2) is 30.3 Å². The van der Waals surface area contributed by atoms with Gasteiger partial charge in [0.1, 0.15) is 6.10 Å². The van der Waals surface area contributed by atoms with Crippen molar-refractivity contribution in [3.63, 3.8) is 0 Å². The number of para-hydroxylation sites is 1. The van der Waals surface area contributed by atoms with Crippen LogP contribution in [0.2, 0.25) is 0 Å². The largest absolute Gasteiger partial charge is 0.394 e. The molecular formula is C20H28N2O5. The average molecular weight is 376 g/mol. The van der Waals surface area contributed by atoms with Gasteiger partial charge in [-0.05, 0) is 37.8 Å². The van der Waals surface area contributed by atoms with Gasteiger partial charge < -0.3 is 25.2 Å². The van der Waals surface area contributed by atoms with E-state index in [1.54, 1.807) is 0 Å². The minimum absolute atomic E-state index is 0.00520. The molecule has 1 aromatic carbocycles.